The predicted molar refractivity (Wildman–Crippen MR) is 45.0 cm³/mol. The zero-order chi connectivity index (χ0) is 9.84. The van der Waals surface area contributed by atoms with E-state index in [1.54, 1.807) is 0 Å². The first-order valence-electron chi connectivity index (χ1n) is 3.52. The van der Waals surface area contributed by atoms with E-state index in [-0.39, 0.29) is 17.1 Å². The van der Waals surface area contributed by atoms with Crippen LogP contribution in [0.3, 0.4) is 0 Å². The fourth-order valence-corrected chi connectivity index (χ4v) is 0.926. The van der Waals surface area contributed by atoms with Gasteiger partial charge in [-0.3, -0.25) is 0 Å². The first kappa shape index (κ1) is 9.34. The summed E-state index contributed by atoms with van der Waals surface area (Å²) in [4.78, 5) is 0. The van der Waals surface area contributed by atoms with Crippen molar-refractivity contribution in [3.63, 3.8) is 0 Å². The average molecular weight is 183 g/mol. The number of phenols is 2. The minimum Gasteiger partial charge on any atom is -0.508 e. The van der Waals surface area contributed by atoms with Gasteiger partial charge in [0.15, 0.2) is 0 Å². The van der Waals surface area contributed by atoms with Crippen molar-refractivity contribution in [2.24, 2.45) is 5.16 Å². The van der Waals surface area contributed by atoms with Crippen LogP contribution in [0.25, 0.3) is 0 Å². The van der Waals surface area contributed by atoms with Gasteiger partial charge in [-0.2, -0.15) is 0 Å². The van der Waals surface area contributed by atoms with E-state index in [1.165, 1.54) is 12.1 Å². The molecule has 0 aliphatic rings. The summed E-state index contributed by atoms with van der Waals surface area (Å²) in [5.74, 6) is -0.359. The van der Waals surface area contributed by atoms with Gasteiger partial charge in [0.25, 0.3) is 0 Å². The van der Waals surface area contributed by atoms with E-state index >= 15 is 0 Å². The summed E-state index contributed by atoms with van der Waals surface area (Å²) in [5.41, 5.74) is 0.163. The third-order valence-electron chi connectivity index (χ3n) is 1.54. The van der Waals surface area contributed by atoms with Gasteiger partial charge in [-0.05, 0) is 12.1 Å². The van der Waals surface area contributed by atoms with Crippen molar-refractivity contribution < 1.29 is 20.5 Å². The molecular weight excluding hydrogens is 174 g/mol. The average Bonchev–Trinajstić information content (AvgIpc) is 2.04. The number of aliphatic hydroxyl groups excluding tert-OH is 1. The molecule has 1 aromatic carbocycles. The van der Waals surface area contributed by atoms with Gasteiger partial charge in [0.2, 0.25) is 0 Å². The fourth-order valence-electron chi connectivity index (χ4n) is 0.926. The van der Waals surface area contributed by atoms with E-state index in [4.69, 9.17) is 10.3 Å². The number of hydrogen-bond donors (Lipinski definition) is 4. The zero-order valence-corrected chi connectivity index (χ0v) is 6.62. The number of benzene rings is 1. The predicted octanol–water partition coefficient (Wildman–Crippen LogP) is 0.591. The van der Waals surface area contributed by atoms with Crippen LogP contribution in [0.5, 0.6) is 11.5 Å². The maximum atomic E-state index is 9.24. The standard InChI is InChI=1S/C8H9NO4/c10-5-1-2-6(7(11)3-5)8(12)4-9-13/h1-4,8,10-13H/b9-4+. The summed E-state index contributed by atoms with van der Waals surface area (Å²) >= 11 is 0. The lowest BCUT2D eigenvalue weighted by Crippen LogP contribution is -1.98. The van der Waals surface area contributed by atoms with Crippen LogP contribution in [0.15, 0.2) is 23.4 Å². The SMILES string of the molecule is O/N=C/C(O)c1ccc(O)cc1O. The maximum absolute atomic E-state index is 9.24. The first-order valence-corrected chi connectivity index (χ1v) is 3.52. The molecule has 1 aromatic rings. The summed E-state index contributed by atoms with van der Waals surface area (Å²) in [6, 6.07) is 3.73. The highest BCUT2D eigenvalue weighted by molar-refractivity contribution is 5.66. The van der Waals surface area contributed by atoms with Crippen molar-refractivity contribution in [3.8, 4) is 11.5 Å². The highest BCUT2D eigenvalue weighted by Crippen LogP contribution is 2.26. The molecule has 0 amide bonds. The zero-order valence-electron chi connectivity index (χ0n) is 6.62. The monoisotopic (exact) mass is 183 g/mol. The highest BCUT2D eigenvalue weighted by Gasteiger charge is 2.10. The smallest absolute Gasteiger partial charge is 0.125 e. The molecule has 5 nitrogen and oxygen atoms in total. The molecule has 1 atom stereocenters. The van der Waals surface area contributed by atoms with Crippen molar-refractivity contribution >= 4 is 6.21 Å². The van der Waals surface area contributed by atoms with Crippen LogP contribution in [0.2, 0.25) is 0 Å². The second kappa shape index (κ2) is 3.77. The lowest BCUT2D eigenvalue weighted by molar-refractivity contribution is 0.237. The molecule has 70 valence electrons. The van der Waals surface area contributed by atoms with Gasteiger partial charge in [0, 0.05) is 11.6 Å². The molecule has 0 fully saturated rings. The van der Waals surface area contributed by atoms with Gasteiger partial charge in [-0.25, -0.2) is 0 Å². The van der Waals surface area contributed by atoms with Crippen LogP contribution in [-0.4, -0.2) is 26.7 Å². The molecule has 5 heteroatoms. The van der Waals surface area contributed by atoms with Gasteiger partial charge in [0.1, 0.15) is 17.6 Å². The molecule has 0 heterocycles. The Balaban J connectivity index is 3.01. The van der Waals surface area contributed by atoms with E-state index < -0.39 is 6.10 Å². The molecule has 0 radical (unpaired) electrons. The Labute approximate surface area is 74.2 Å². The lowest BCUT2D eigenvalue weighted by atomic mass is 10.1. The minimum absolute atomic E-state index is 0.102. The summed E-state index contributed by atoms with van der Waals surface area (Å²) in [5, 5.41) is 38.1. The molecule has 1 unspecified atom stereocenters. The number of oxime groups is 1. The number of hydrogen-bond acceptors (Lipinski definition) is 5. The Kier molecular flexibility index (Phi) is 2.71. The van der Waals surface area contributed by atoms with Crippen molar-refractivity contribution in [2.45, 2.75) is 6.10 Å². The van der Waals surface area contributed by atoms with Crippen LogP contribution < -0.4 is 0 Å². The van der Waals surface area contributed by atoms with Gasteiger partial charge in [-0.1, -0.05) is 5.16 Å². The number of aliphatic hydroxyl groups is 1. The number of aromatic hydroxyl groups is 2. The molecule has 13 heavy (non-hydrogen) atoms. The van der Waals surface area contributed by atoms with Gasteiger partial charge in [0.05, 0.1) is 6.21 Å². The van der Waals surface area contributed by atoms with Crippen LogP contribution in [0, 0.1) is 0 Å². The Morgan fingerprint density at radius 1 is 1.31 bits per heavy atom. The van der Waals surface area contributed by atoms with E-state index in [2.05, 4.69) is 5.16 Å². The topological polar surface area (TPSA) is 93.3 Å². The van der Waals surface area contributed by atoms with Crippen LogP contribution in [-0.2, 0) is 0 Å². The van der Waals surface area contributed by atoms with E-state index in [0.717, 1.165) is 12.3 Å². The number of rotatable bonds is 2. The molecule has 0 spiro atoms. The Hall–Kier alpha value is -1.75. The third-order valence-corrected chi connectivity index (χ3v) is 1.54. The molecule has 0 saturated carbocycles. The van der Waals surface area contributed by atoms with E-state index in [1.807, 2.05) is 0 Å². The molecule has 1 rings (SSSR count). The molecule has 4 N–H and O–H groups in total. The third kappa shape index (κ3) is 2.09. The van der Waals surface area contributed by atoms with Crippen LogP contribution in [0.1, 0.15) is 11.7 Å². The second-order valence-electron chi connectivity index (χ2n) is 2.45. The van der Waals surface area contributed by atoms with Crippen LogP contribution in [0.4, 0.5) is 0 Å². The number of phenolic OH excluding ortho intramolecular Hbond substituents is 2. The van der Waals surface area contributed by atoms with Crippen LogP contribution >= 0.6 is 0 Å². The van der Waals surface area contributed by atoms with Crippen molar-refractivity contribution in [2.75, 3.05) is 0 Å². The fraction of sp³-hybridized carbons (Fsp3) is 0.125. The Morgan fingerprint density at radius 3 is 2.54 bits per heavy atom. The molecule has 0 aliphatic heterocycles. The summed E-state index contributed by atoms with van der Waals surface area (Å²) in [6.45, 7) is 0. The number of nitrogens with zero attached hydrogens (tertiary/aromatic N) is 1. The highest BCUT2D eigenvalue weighted by atomic mass is 16.4. The minimum atomic E-state index is -1.19. The van der Waals surface area contributed by atoms with Gasteiger partial charge < -0.3 is 20.5 Å². The Bertz CT molecular complexity index is 324. The Morgan fingerprint density at radius 2 is 2.00 bits per heavy atom. The van der Waals surface area contributed by atoms with Gasteiger partial charge >= 0.3 is 0 Å². The lowest BCUT2D eigenvalue weighted by Gasteiger charge is -2.06. The second-order valence-corrected chi connectivity index (χ2v) is 2.45. The molecule has 0 bridgehead atoms. The van der Waals surface area contributed by atoms with E-state index in [0.29, 0.717) is 0 Å². The molecule has 0 aliphatic carbocycles. The first-order chi connectivity index (χ1) is 6.15. The largest absolute Gasteiger partial charge is 0.508 e. The van der Waals surface area contributed by atoms with E-state index in [9.17, 15) is 10.2 Å². The quantitative estimate of drug-likeness (QED) is 0.306. The van der Waals surface area contributed by atoms with Crippen molar-refractivity contribution in [1.29, 1.82) is 0 Å². The maximum Gasteiger partial charge on any atom is 0.125 e. The summed E-state index contributed by atoms with van der Waals surface area (Å²) < 4.78 is 0. The summed E-state index contributed by atoms with van der Waals surface area (Å²) in [7, 11) is 0. The van der Waals surface area contributed by atoms with Gasteiger partial charge in [-0.15, -0.1) is 0 Å². The molecule has 0 saturated heterocycles. The van der Waals surface area contributed by atoms with Crippen molar-refractivity contribution in [1.82, 2.24) is 0 Å². The normalized spacial score (nSPS) is 13.3. The van der Waals surface area contributed by atoms with Crippen molar-refractivity contribution in [3.05, 3.63) is 23.8 Å². The molecular formula is C8H9NO4. The summed E-state index contributed by atoms with van der Waals surface area (Å²) in [6.07, 6.45) is -0.336. The molecule has 0 aromatic heterocycles.